The summed E-state index contributed by atoms with van der Waals surface area (Å²) in [5, 5.41) is 2.77. The molecule has 0 aliphatic heterocycles. The average molecular weight is 329 g/mol. The van der Waals surface area contributed by atoms with Crippen LogP contribution in [-0.2, 0) is 16.0 Å². The minimum Gasteiger partial charge on any atom is -0.462 e. The van der Waals surface area contributed by atoms with E-state index < -0.39 is 5.97 Å². The number of amides is 1. The van der Waals surface area contributed by atoms with Crippen LogP contribution in [0.1, 0.15) is 34.8 Å². The van der Waals surface area contributed by atoms with Crippen LogP contribution in [0.2, 0.25) is 0 Å². The molecule has 2 aromatic rings. The predicted molar refractivity (Wildman–Crippen MR) is 90.5 cm³/mol. The maximum absolute atomic E-state index is 13.6. The van der Waals surface area contributed by atoms with E-state index in [1.54, 1.807) is 43.3 Å². The SMILES string of the molecule is CCOC(=O)c1ccc(C)c(NC(=O)CCc2ccccc2F)c1. The monoisotopic (exact) mass is 329 g/mol. The Morgan fingerprint density at radius 3 is 2.62 bits per heavy atom. The number of ether oxygens (including phenoxy) is 1. The lowest BCUT2D eigenvalue weighted by Gasteiger charge is -2.10. The zero-order valence-corrected chi connectivity index (χ0v) is 13.8. The molecule has 0 aliphatic carbocycles. The first-order chi connectivity index (χ1) is 11.5. The van der Waals surface area contributed by atoms with Gasteiger partial charge in [-0.05, 0) is 49.6 Å². The molecule has 1 N–H and O–H groups in total. The van der Waals surface area contributed by atoms with Gasteiger partial charge in [-0.2, -0.15) is 0 Å². The lowest BCUT2D eigenvalue weighted by atomic mass is 10.1. The number of anilines is 1. The first-order valence-corrected chi connectivity index (χ1v) is 7.82. The van der Waals surface area contributed by atoms with Gasteiger partial charge in [0.05, 0.1) is 12.2 Å². The molecule has 0 spiro atoms. The molecule has 126 valence electrons. The number of rotatable bonds is 6. The van der Waals surface area contributed by atoms with Crippen LogP contribution < -0.4 is 5.32 Å². The molecule has 0 unspecified atom stereocenters. The Balaban J connectivity index is 2.02. The molecule has 0 heterocycles. The van der Waals surface area contributed by atoms with Crippen LogP contribution in [0.5, 0.6) is 0 Å². The number of carbonyl (C=O) groups excluding carboxylic acids is 2. The van der Waals surface area contributed by atoms with Gasteiger partial charge in [-0.1, -0.05) is 24.3 Å². The normalized spacial score (nSPS) is 10.3. The molecule has 2 aromatic carbocycles. The Morgan fingerprint density at radius 1 is 1.17 bits per heavy atom. The minimum atomic E-state index is -0.431. The standard InChI is InChI=1S/C19H20FNO3/c1-3-24-19(23)15-9-8-13(2)17(12-15)21-18(22)11-10-14-6-4-5-7-16(14)20/h4-9,12H,3,10-11H2,1-2H3,(H,21,22). The molecule has 0 radical (unpaired) electrons. The lowest BCUT2D eigenvalue weighted by Crippen LogP contribution is -2.14. The second-order valence-electron chi connectivity index (χ2n) is 5.39. The molecule has 0 fully saturated rings. The van der Waals surface area contributed by atoms with Crippen molar-refractivity contribution in [2.75, 3.05) is 11.9 Å². The highest BCUT2D eigenvalue weighted by molar-refractivity contribution is 5.95. The van der Waals surface area contributed by atoms with Gasteiger partial charge in [0.2, 0.25) is 5.91 Å². The summed E-state index contributed by atoms with van der Waals surface area (Å²) in [6, 6.07) is 11.4. The summed E-state index contributed by atoms with van der Waals surface area (Å²) in [5.41, 5.74) is 2.28. The maximum atomic E-state index is 13.6. The Kier molecular flexibility index (Phi) is 6.07. The van der Waals surface area contributed by atoms with E-state index in [0.29, 0.717) is 23.2 Å². The van der Waals surface area contributed by atoms with E-state index in [2.05, 4.69) is 5.32 Å². The molecule has 0 aliphatic rings. The van der Waals surface area contributed by atoms with Crippen molar-refractivity contribution < 1.29 is 18.7 Å². The second-order valence-corrected chi connectivity index (χ2v) is 5.39. The van der Waals surface area contributed by atoms with Crippen LogP contribution in [-0.4, -0.2) is 18.5 Å². The third-order valence-electron chi connectivity index (χ3n) is 3.60. The second kappa shape index (κ2) is 8.24. The molecule has 0 bridgehead atoms. The molecule has 1 amide bonds. The van der Waals surface area contributed by atoms with Gasteiger partial charge in [0.1, 0.15) is 5.82 Å². The van der Waals surface area contributed by atoms with E-state index in [1.807, 2.05) is 6.92 Å². The summed E-state index contributed by atoms with van der Waals surface area (Å²) < 4.78 is 18.5. The van der Waals surface area contributed by atoms with Gasteiger partial charge in [-0.15, -0.1) is 0 Å². The van der Waals surface area contributed by atoms with Crippen molar-refractivity contribution in [3.8, 4) is 0 Å². The summed E-state index contributed by atoms with van der Waals surface area (Å²) in [5.74, 6) is -0.979. The number of nitrogens with one attached hydrogen (secondary N) is 1. The fourth-order valence-corrected chi connectivity index (χ4v) is 2.26. The maximum Gasteiger partial charge on any atom is 0.338 e. The molecule has 24 heavy (non-hydrogen) atoms. The van der Waals surface area contributed by atoms with Crippen LogP contribution in [0.15, 0.2) is 42.5 Å². The fraction of sp³-hybridized carbons (Fsp3) is 0.263. The molecule has 0 atom stereocenters. The summed E-state index contributed by atoms with van der Waals surface area (Å²) in [7, 11) is 0. The van der Waals surface area contributed by atoms with E-state index in [4.69, 9.17) is 4.74 Å². The fourth-order valence-electron chi connectivity index (χ4n) is 2.26. The van der Waals surface area contributed by atoms with Crippen molar-refractivity contribution >= 4 is 17.6 Å². The van der Waals surface area contributed by atoms with Crippen molar-refractivity contribution in [1.82, 2.24) is 0 Å². The van der Waals surface area contributed by atoms with Gasteiger partial charge in [0.15, 0.2) is 0 Å². The molecule has 4 nitrogen and oxygen atoms in total. The van der Waals surface area contributed by atoms with Crippen LogP contribution in [0.4, 0.5) is 10.1 Å². The van der Waals surface area contributed by atoms with E-state index in [-0.39, 0.29) is 24.8 Å². The van der Waals surface area contributed by atoms with E-state index >= 15 is 0 Å². The van der Waals surface area contributed by atoms with Gasteiger partial charge in [-0.25, -0.2) is 9.18 Å². The van der Waals surface area contributed by atoms with Gasteiger partial charge in [0, 0.05) is 12.1 Å². The zero-order valence-electron chi connectivity index (χ0n) is 13.8. The highest BCUT2D eigenvalue weighted by Gasteiger charge is 2.11. The Hall–Kier alpha value is -2.69. The van der Waals surface area contributed by atoms with Crippen LogP contribution in [0.25, 0.3) is 0 Å². The molecule has 5 heteroatoms. The highest BCUT2D eigenvalue weighted by Crippen LogP contribution is 2.18. The molecule has 0 saturated heterocycles. The molecular weight excluding hydrogens is 309 g/mol. The van der Waals surface area contributed by atoms with Gasteiger partial charge < -0.3 is 10.1 Å². The Bertz CT molecular complexity index is 743. The largest absolute Gasteiger partial charge is 0.462 e. The summed E-state index contributed by atoms with van der Waals surface area (Å²) in [6.07, 6.45) is 0.471. The number of hydrogen-bond donors (Lipinski definition) is 1. The summed E-state index contributed by atoms with van der Waals surface area (Å²) in [6.45, 7) is 3.86. The smallest absolute Gasteiger partial charge is 0.338 e. The molecular formula is C19H20FNO3. The average Bonchev–Trinajstić information content (AvgIpc) is 2.56. The van der Waals surface area contributed by atoms with Crippen molar-refractivity contribution in [2.24, 2.45) is 0 Å². The first-order valence-electron chi connectivity index (χ1n) is 7.82. The van der Waals surface area contributed by atoms with Gasteiger partial charge in [-0.3, -0.25) is 4.79 Å². The van der Waals surface area contributed by atoms with Gasteiger partial charge in [0.25, 0.3) is 0 Å². The lowest BCUT2D eigenvalue weighted by molar-refractivity contribution is -0.116. The van der Waals surface area contributed by atoms with E-state index in [9.17, 15) is 14.0 Å². The van der Waals surface area contributed by atoms with Crippen molar-refractivity contribution in [3.63, 3.8) is 0 Å². The number of carbonyl (C=O) groups is 2. The highest BCUT2D eigenvalue weighted by atomic mass is 19.1. The van der Waals surface area contributed by atoms with Crippen molar-refractivity contribution in [3.05, 3.63) is 65.0 Å². The van der Waals surface area contributed by atoms with Crippen LogP contribution in [0, 0.1) is 12.7 Å². The number of aryl methyl sites for hydroxylation is 2. The summed E-state index contributed by atoms with van der Waals surface area (Å²) in [4.78, 5) is 23.9. The third kappa shape index (κ3) is 4.65. The Labute approximate surface area is 140 Å². The van der Waals surface area contributed by atoms with E-state index in [0.717, 1.165) is 5.56 Å². The third-order valence-corrected chi connectivity index (χ3v) is 3.60. The predicted octanol–water partition coefficient (Wildman–Crippen LogP) is 3.88. The van der Waals surface area contributed by atoms with Crippen LogP contribution >= 0.6 is 0 Å². The number of benzene rings is 2. The topological polar surface area (TPSA) is 55.4 Å². The Morgan fingerprint density at radius 2 is 1.92 bits per heavy atom. The first kappa shape index (κ1) is 17.7. The molecule has 2 rings (SSSR count). The molecule has 0 saturated carbocycles. The zero-order chi connectivity index (χ0) is 17.5. The number of halogens is 1. The van der Waals surface area contributed by atoms with Crippen molar-refractivity contribution in [1.29, 1.82) is 0 Å². The number of hydrogen-bond acceptors (Lipinski definition) is 3. The quantitative estimate of drug-likeness (QED) is 0.818. The summed E-state index contributed by atoms with van der Waals surface area (Å²) >= 11 is 0. The molecule has 0 aromatic heterocycles. The number of esters is 1. The minimum absolute atomic E-state index is 0.157. The van der Waals surface area contributed by atoms with Crippen LogP contribution in [0.3, 0.4) is 0 Å². The van der Waals surface area contributed by atoms with Gasteiger partial charge >= 0.3 is 5.97 Å². The van der Waals surface area contributed by atoms with Crippen molar-refractivity contribution in [2.45, 2.75) is 26.7 Å². The van der Waals surface area contributed by atoms with E-state index in [1.165, 1.54) is 6.07 Å².